The first-order valence-electron chi connectivity index (χ1n) is 5.55. The fourth-order valence-corrected chi connectivity index (χ4v) is 1.82. The molecule has 1 atom stereocenters. The summed E-state index contributed by atoms with van der Waals surface area (Å²) in [6.07, 6.45) is 7.85. The van der Waals surface area contributed by atoms with Gasteiger partial charge in [0.1, 0.15) is 0 Å². The first-order valence-corrected chi connectivity index (χ1v) is 5.55. The van der Waals surface area contributed by atoms with Crippen molar-refractivity contribution in [2.75, 3.05) is 13.6 Å². The molecule has 0 saturated heterocycles. The van der Waals surface area contributed by atoms with Gasteiger partial charge in [-0.2, -0.15) is 0 Å². The molecule has 4 nitrogen and oxygen atoms in total. The van der Waals surface area contributed by atoms with Crippen molar-refractivity contribution in [1.82, 2.24) is 9.80 Å². The maximum atomic E-state index is 11.0. The van der Waals surface area contributed by atoms with Crippen LogP contribution >= 0.6 is 0 Å². The second-order valence-corrected chi connectivity index (χ2v) is 3.97. The lowest BCUT2D eigenvalue weighted by Gasteiger charge is -2.26. The third kappa shape index (κ3) is 3.15. The van der Waals surface area contributed by atoms with E-state index in [9.17, 15) is 4.79 Å². The molecule has 15 heavy (non-hydrogen) atoms. The number of hydrogen-bond acceptors (Lipinski definition) is 3. The zero-order valence-electron chi connectivity index (χ0n) is 9.52. The highest BCUT2D eigenvalue weighted by molar-refractivity contribution is 5.73. The minimum atomic E-state index is -0.780. The number of carbonyl (C=O) groups is 1. The molecule has 0 fully saturated rings. The second kappa shape index (κ2) is 5.63. The van der Waals surface area contributed by atoms with Crippen LogP contribution in [0.15, 0.2) is 12.4 Å². The van der Waals surface area contributed by atoms with Crippen LogP contribution in [-0.2, 0) is 4.79 Å². The monoisotopic (exact) mass is 212 g/mol. The molecule has 1 N–H and O–H groups in total. The second-order valence-electron chi connectivity index (χ2n) is 3.97. The summed E-state index contributed by atoms with van der Waals surface area (Å²) >= 11 is 0. The van der Waals surface area contributed by atoms with E-state index in [1.807, 2.05) is 17.3 Å². The fraction of sp³-hybridized carbons (Fsp3) is 0.727. The molecule has 86 valence electrons. The lowest BCUT2D eigenvalue weighted by molar-refractivity contribution is -0.146. The first-order chi connectivity index (χ1) is 7.16. The van der Waals surface area contributed by atoms with Gasteiger partial charge in [0.15, 0.2) is 0 Å². The van der Waals surface area contributed by atoms with Gasteiger partial charge >= 0.3 is 5.97 Å². The van der Waals surface area contributed by atoms with Crippen molar-refractivity contribution in [3.05, 3.63) is 12.4 Å². The molecule has 1 heterocycles. The Morgan fingerprint density at radius 3 is 2.67 bits per heavy atom. The molecule has 1 aliphatic rings. The molecule has 0 radical (unpaired) electrons. The summed E-state index contributed by atoms with van der Waals surface area (Å²) < 4.78 is 0. The van der Waals surface area contributed by atoms with Crippen LogP contribution in [0.25, 0.3) is 0 Å². The molecular weight excluding hydrogens is 192 g/mol. The summed E-state index contributed by atoms with van der Waals surface area (Å²) in [6.45, 7) is 3.00. The third-order valence-electron chi connectivity index (χ3n) is 2.68. The van der Waals surface area contributed by atoms with Gasteiger partial charge in [-0.3, -0.25) is 0 Å². The van der Waals surface area contributed by atoms with Crippen LogP contribution in [0.3, 0.4) is 0 Å². The Bertz CT molecular complexity index is 241. The van der Waals surface area contributed by atoms with Gasteiger partial charge in [-0.05, 0) is 6.42 Å². The molecule has 0 aliphatic carbocycles. The number of rotatable bonds is 6. The van der Waals surface area contributed by atoms with Crippen LogP contribution in [0.2, 0.25) is 0 Å². The van der Waals surface area contributed by atoms with E-state index in [0.717, 1.165) is 13.0 Å². The number of hydrogen-bond donors (Lipinski definition) is 1. The minimum absolute atomic E-state index is 0.508. The van der Waals surface area contributed by atoms with Crippen LogP contribution in [0, 0.1) is 0 Å². The van der Waals surface area contributed by atoms with Gasteiger partial charge < -0.3 is 14.9 Å². The SMILES string of the molecule is CCCCCCN1C=CN(C)C1C(=O)O. The number of unbranched alkanes of at least 4 members (excludes halogenated alkanes) is 3. The molecule has 1 unspecified atom stereocenters. The van der Waals surface area contributed by atoms with Gasteiger partial charge in [-0.25, -0.2) is 4.79 Å². The number of nitrogens with zero attached hydrogens (tertiary/aromatic N) is 2. The van der Waals surface area contributed by atoms with E-state index >= 15 is 0 Å². The Morgan fingerprint density at radius 2 is 2.07 bits per heavy atom. The number of carboxylic acid groups (broad SMARTS) is 1. The van der Waals surface area contributed by atoms with E-state index in [0.29, 0.717) is 0 Å². The van der Waals surface area contributed by atoms with Crippen molar-refractivity contribution < 1.29 is 9.90 Å². The lowest BCUT2D eigenvalue weighted by atomic mass is 10.2. The predicted octanol–water partition coefficient (Wildman–Crippen LogP) is 1.70. The van der Waals surface area contributed by atoms with Crippen molar-refractivity contribution in [2.45, 2.75) is 38.8 Å². The van der Waals surface area contributed by atoms with Crippen molar-refractivity contribution in [1.29, 1.82) is 0 Å². The summed E-state index contributed by atoms with van der Waals surface area (Å²) in [5, 5.41) is 9.03. The Labute approximate surface area is 91.2 Å². The highest BCUT2D eigenvalue weighted by Gasteiger charge is 2.29. The molecular formula is C11H20N2O2. The number of likely N-dealkylation sites (N-methyl/N-ethyl adjacent to an activating group) is 1. The van der Waals surface area contributed by atoms with Crippen LogP contribution in [-0.4, -0.2) is 40.6 Å². The summed E-state index contributed by atoms with van der Waals surface area (Å²) in [5.41, 5.74) is 0. The normalized spacial score (nSPS) is 20.0. The predicted molar refractivity (Wildman–Crippen MR) is 59.2 cm³/mol. The average Bonchev–Trinajstić information content (AvgIpc) is 2.54. The Morgan fingerprint density at radius 1 is 1.33 bits per heavy atom. The van der Waals surface area contributed by atoms with Crippen LogP contribution in [0.4, 0.5) is 0 Å². The molecule has 0 amide bonds. The van der Waals surface area contributed by atoms with Gasteiger partial charge in [0.05, 0.1) is 0 Å². The number of carboxylic acids is 1. The summed E-state index contributed by atoms with van der Waals surface area (Å²) in [5.74, 6) is -0.780. The van der Waals surface area contributed by atoms with Crippen LogP contribution in [0.1, 0.15) is 32.6 Å². The minimum Gasteiger partial charge on any atom is -0.478 e. The summed E-state index contributed by atoms with van der Waals surface area (Å²) in [4.78, 5) is 14.6. The van der Waals surface area contributed by atoms with Gasteiger partial charge in [0.25, 0.3) is 0 Å². The molecule has 0 aromatic rings. The molecule has 0 bridgehead atoms. The van der Waals surface area contributed by atoms with E-state index in [1.165, 1.54) is 19.3 Å². The Kier molecular flexibility index (Phi) is 4.46. The standard InChI is InChI=1S/C11H20N2O2/c1-3-4-5-6-7-13-9-8-12(2)10(13)11(14)15/h8-10H,3-7H2,1-2H3,(H,14,15). The van der Waals surface area contributed by atoms with E-state index in [4.69, 9.17) is 5.11 Å². The Hall–Kier alpha value is -1.19. The van der Waals surface area contributed by atoms with Crippen molar-refractivity contribution in [3.63, 3.8) is 0 Å². The lowest BCUT2D eigenvalue weighted by Crippen LogP contribution is -2.43. The average molecular weight is 212 g/mol. The van der Waals surface area contributed by atoms with Gasteiger partial charge in [-0.15, -0.1) is 0 Å². The quantitative estimate of drug-likeness (QED) is 0.680. The molecule has 0 aromatic heterocycles. The molecule has 1 aliphatic heterocycles. The molecule has 1 rings (SSSR count). The molecule has 4 heteroatoms. The smallest absolute Gasteiger partial charge is 0.347 e. The molecule has 0 aromatic carbocycles. The van der Waals surface area contributed by atoms with Gasteiger partial charge in [-0.1, -0.05) is 26.2 Å². The molecule has 0 spiro atoms. The van der Waals surface area contributed by atoms with Crippen LogP contribution < -0.4 is 0 Å². The highest BCUT2D eigenvalue weighted by Crippen LogP contribution is 2.15. The summed E-state index contributed by atoms with van der Waals surface area (Å²) in [6, 6.07) is 0. The maximum absolute atomic E-state index is 11.0. The zero-order chi connectivity index (χ0) is 11.3. The topological polar surface area (TPSA) is 43.8 Å². The van der Waals surface area contributed by atoms with Crippen molar-refractivity contribution >= 4 is 5.97 Å². The Balaban J connectivity index is 2.34. The molecule has 0 saturated carbocycles. The zero-order valence-corrected chi connectivity index (χ0v) is 9.52. The van der Waals surface area contributed by atoms with Crippen LogP contribution in [0.5, 0.6) is 0 Å². The maximum Gasteiger partial charge on any atom is 0.347 e. The third-order valence-corrected chi connectivity index (χ3v) is 2.68. The van der Waals surface area contributed by atoms with Crippen molar-refractivity contribution in [3.8, 4) is 0 Å². The number of aliphatic carboxylic acids is 1. The van der Waals surface area contributed by atoms with E-state index < -0.39 is 12.1 Å². The largest absolute Gasteiger partial charge is 0.478 e. The summed E-state index contributed by atoms with van der Waals surface area (Å²) in [7, 11) is 1.79. The van der Waals surface area contributed by atoms with Gasteiger partial charge in [0.2, 0.25) is 6.17 Å². The van der Waals surface area contributed by atoms with E-state index in [-0.39, 0.29) is 0 Å². The van der Waals surface area contributed by atoms with Gasteiger partial charge in [0, 0.05) is 26.0 Å². The fourth-order valence-electron chi connectivity index (χ4n) is 1.82. The first kappa shape index (κ1) is 11.9. The highest BCUT2D eigenvalue weighted by atomic mass is 16.4. The van der Waals surface area contributed by atoms with E-state index in [1.54, 1.807) is 11.9 Å². The van der Waals surface area contributed by atoms with Crippen molar-refractivity contribution in [2.24, 2.45) is 0 Å². The van der Waals surface area contributed by atoms with E-state index in [2.05, 4.69) is 6.92 Å².